The first kappa shape index (κ1) is 15.0. The van der Waals surface area contributed by atoms with Gasteiger partial charge in [0.1, 0.15) is 0 Å². The fourth-order valence-electron chi connectivity index (χ4n) is 3.91. The van der Waals surface area contributed by atoms with Crippen LogP contribution in [0.4, 0.5) is 0 Å². The number of rotatable bonds is 3. The van der Waals surface area contributed by atoms with Crippen LogP contribution >= 0.6 is 0 Å². The lowest BCUT2D eigenvalue weighted by Gasteiger charge is -2.41. The molecule has 0 amide bonds. The average molecular weight is 287 g/mol. The van der Waals surface area contributed by atoms with Crippen molar-refractivity contribution in [2.24, 2.45) is 5.92 Å². The first-order valence-electron chi connectivity index (χ1n) is 8.55. The van der Waals surface area contributed by atoms with Crippen molar-refractivity contribution in [2.75, 3.05) is 33.2 Å². The first-order valence-corrected chi connectivity index (χ1v) is 8.55. The summed E-state index contributed by atoms with van der Waals surface area (Å²) in [6.45, 7) is 7.22. The van der Waals surface area contributed by atoms with Crippen LogP contribution in [0.1, 0.15) is 36.9 Å². The molecule has 2 saturated heterocycles. The number of aromatic nitrogens is 1. The lowest BCUT2D eigenvalue weighted by molar-refractivity contribution is 0.0787. The summed E-state index contributed by atoms with van der Waals surface area (Å²) in [5.74, 6) is 0.822. The van der Waals surface area contributed by atoms with Gasteiger partial charge in [-0.2, -0.15) is 0 Å². The molecule has 116 valence electrons. The molecule has 0 unspecified atom stereocenters. The van der Waals surface area contributed by atoms with E-state index in [0.29, 0.717) is 0 Å². The highest BCUT2D eigenvalue weighted by Crippen LogP contribution is 2.25. The second-order valence-corrected chi connectivity index (χ2v) is 7.05. The van der Waals surface area contributed by atoms with E-state index < -0.39 is 0 Å². The minimum absolute atomic E-state index is 0.822. The van der Waals surface area contributed by atoms with Crippen molar-refractivity contribution >= 4 is 0 Å². The Morgan fingerprint density at radius 3 is 2.67 bits per heavy atom. The summed E-state index contributed by atoms with van der Waals surface area (Å²) in [4.78, 5) is 9.69. The molecule has 1 aromatic heterocycles. The summed E-state index contributed by atoms with van der Waals surface area (Å²) in [6, 6.07) is 5.24. The van der Waals surface area contributed by atoms with E-state index in [2.05, 4.69) is 47.1 Å². The number of aryl methyl sites for hydroxylation is 1. The second kappa shape index (κ2) is 6.89. The smallest absolute Gasteiger partial charge is 0.0372 e. The molecule has 3 nitrogen and oxygen atoms in total. The molecule has 0 spiro atoms. The topological polar surface area (TPSA) is 19.4 Å². The van der Waals surface area contributed by atoms with Crippen LogP contribution in [0.5, 0.6) is 0 Å². The lowest BCUT2D eigenvalue weighted by atomic mass is 9.89. The Morgan fingerprint density at radius 1 is 1.14 bits per heavy atom. The summed E-state index contributed by atoms with van der Waals surface area (Å²) in [5.41, 5.74) is 2.53. The van der Waals surface area contributed by atoms with Crippen LogP contribution in [-0.2, 0) is 6.42 Å². The third-order valence-corrected chi connectivity index (χ3v) is 5.25. The highest BCUT2D eigenvalue weighted by atomic mass is 15.2. The zero-order valence-electron chi connectivity index (χ0n) is 13.6. The van der Waals surface area contributed by atoms with Crippen molar-refractivity contribution < 1.29 is 0 Å². The standard InChI is InChI=1S/C18H29N3/c1-15-5-6-16(13-19-15)12-17-4-3-9-21(14-17)18-7-10-20(2)11-8-18/h5-6,13,17-18H,3-4,7-12,14H2,1-2H3/t17-/m1/s1. The van der Waals surface area contributed by atoms with Crippen molar-refractivity contribution in [1.82, 2.24) is 14.8 Å². The number of pyridine rings is 1. The van der Waals surface area contributed by atoms with Gasteiger partial charge >= 0.3 is 0 Å². The van der Waals surface area contributed by atoms with Crippen molar-refractivity contribution in [3.63, 3.8) is 0 Å². The van der Waals surface area contributed by atoms with Gasteiger partial charge in [0.2, 0.25) is 0 Å². The van der Waals surface area contributed by atoms with E-state index in [0.717, 1.165) is 17.7 Å². The molecular formula is C18H29N3. The van der Waals surface area contributed by atoms with Gasteiger partial charge in [0.15, 0.2) is 0 Å². The highest BCUT2D eigenvalue weighted by Gasteiger charge is 2.28. The quantitative estimate of drug-likeness (QED) is 0.852. The van der Waals surface area contributed by atoms with Crippen molar-refractivity contribution in [1.29, 1.82) is 0 Å². The molecule has 1 atom stereocenters. The Morgan fingerprint density at radius 2 is 1.95 bits per heavy atom. The minimum Gasteiger partial charge on any atom is -0.306 e. The van der Waals surface area contributed by atoms with Crippen molar-refractivity contribution in [3.05, 3.63) is 29.6 Å². The van der Waals surface area contributed by atoms with Gasteiger partial charge < -0.3 is 9.80 Å². The zero-order valence-corrected chi connectivity index (χ0v) is 13.6. The van der Waals surface area contributed by atoms with E-state index in [1.807, 2.05) is 0 Å². The predicted molar refractivity (Wildman–Crippen MR) is 87.5 cm³/mol. The summed E-state index contributed by atoms with van der Waals surface area (Å²) >= 11 is 0. The Labute approximate surface area is 129 Å². The van der Waals surface area contributed by atoms with E-state index in [9.17, 15) is 0 Å². The van der Waals surface area contributed by atoms with E-state index in [-0.39, 0.29) is 0 Å². The molecule has 3 heteroatoms. The maximum Gasteiger partial charge on any atom is 0.0372 e. The molecule has 0 bridgehead atoms. The third kappa shape index (κ3) is 4.04. The molecule has 2 aliphatic heterocycles. The first-order chi connectivity index (χ1) is 10.2. The SMILES string of the molecule is Cc1ccc(C[C@H]2CCCN(C3CCN(C)CC3)C2)cn1. The van der Waals surface area contributed by atoms with Crippen molar-refractivity contribution in [3.8, 4) is 0 Å². The van der Waals surface area contributed by atoms with Crippen LogP contribution in [0.25, 0.3) is 0 Å². The molecule has 0 aromatic carbocycles. The molecule has 0 aliphatic carbocycles. The normalized spacial score (nSPS) is 26.1. The van der Waals surface area contributed by atoms with Gasteiger partial charge in [0, 0.05) is 24.5 Å². The van der Waals surface area contributed by atoms with Crippen LogP contribution < -0.4 is 0 Å². The van der Waals surface area contributed by atoms with Gasteiger partial charge in [-0.25, -0.2) is 0 Å². The van der Waals surface area contributed by atoms with Gasteiger partial charge in [-0.1, -0.05) is 6.07 Å². The van der Waals surface area contributed by atoms with Crippen LogP contribution in [0.2, 0.25) is 0 Å². The van der Waals surface area contributed by atoms with Crippen LogP contribution in [-0.4, -0.2) is 54.1 Å². The molecule has 3 rings (SSSR count). The average Bonchev–Trinajstić information content (AvgIpc) is 2.51. The van der Waals surface area contributed by atoms with E-state index in [1.54, 1.807) is 0 Å². The maximum absolute atomic E-state index is 4.44. The number of nitrogens with zero attached hydrogens (tertiary/aromatic N) is 3. The molecule has 21 heavy (non-hydrogen) atoms. The molecule has 0 radical (unpaired) electrons. The Hall–Kier alpha value is -0.930. The number of likely N-dealkylation sites (tertiary alicyclic amines) is 2. The molecule has 1 aromatic rings. The van der Waals surface area contributed by atoms with Crippen LogP contribution in [0, 0.1) is 12.8 Å². The maximum atomic E-state index is 4.44. The van der Waals surface area contributed by atoms with Gasteiger partial charge in [-0.15, -0.1) is 0 Å². The Kier molecular flexibility index (Phi) is 4.91. The van der Waals surface area contributed by atoms with Gasteiger partial charge in [0.25, 0.3) is 0 Å². The molecule has 0 saturated carbocycles. The number of hydrogen-bond acceptors (Lipinski definition) is 3. The summed E-state index contributed by atoms with van der Waals surface area (Å²) in [6.07, 6.45) is 8.75. The minimum atomic E-state index is 0.822. The molecular weight excluding hydrogens is 258 g/mol. The molecule has 3 heterocycles. The Bertz CT molecular complexity index is 434. The van der Waals surface area contributed by atoms with Gasteiger partial charge in [-0.3, -0.25) is 4.98 Å². The number of hydrogen-bond donors (Lipinski definition) is 0. The molecule has 0 N–H and O–H groups in total. The predicted octanol–water partition coefficient (Wildman–Crippen LogP) is 2.74. The van der Waals surface area contributed by atoms with Crippen LogP contribution in [0.15, 0.2) is 18.3 Å². The third-order valence-electron chi connectivity index (χ3n) is 5.25. The molecule has 2 aliphatic rings. The Balaban J connectivity index is 1.54. The zero-order chi connectivity index (χ0) is 14.7. The molecule has 2 fully saturated rings. The second-order valence-electron chi connectivity index (χ2n) is 7.05. The fourth-order valence-corrected chi connectivity index (χ4v) is 3.91. The monoisotopic (exact) mass is 287 g/mol. The van der Waals surface area contributed by atoms with E-state index in [4.69, 9.17) is 0 Å². The summed E-state index contributed by atoms with van der Waals surface area (Å²) in [7, 11) is 2.25. The summed E-state index contributed by atoms with van der Waals surface area (Å²) < 4.78 is 0. The van der Waals surface area contributed by atoms with Gasteiger partial charge in [0.05, 0.1) is 0 Å². The largest absolute Gasteiger partial charge is 0.306 e. The summed E-state index contributed by atoms with van der Waals surface area (Å²) in [5, 5.41) is 0. The number of piperidine rings is 2. The van der Waals surface area contributed by atoms with Crippen molar-refractivity contribution in [2.45, 2.75) is 45.1 Å². The fraction of sp³-hybridized carbons (Fsp3) is 0.722. The lowest BCUT2D eigenvalue weighted by Crippen LogP contribution is -2.48. The van der Waals surface area contributed by atoms with Crippen LogP contribution in [0.3, 0.4) is 0 Å². The highest BCUT2D eigenvalue weighted by molar-refractivity contribution is 5.14. The van der Waals surface area contributed by atoms with E-state index in [1.165, 1.54) is 63.8 Å². The van der Waals surface area contributed by atoms with Gasteiger partial charge in [-0.05, 0) is 83.3 Å². The van der Waals surface area contributed by atoms with E-state index >= 15 is 0 Å².